The maximum Gasteiger partial charge on any atom is 0.274 e. The van der Waals surface area contributed by atoms with Crippen molar-refractivity contribution in [2.75, 3.05) is 24.9 Å². The highest BCUT2D eigenvalue weighted by molar-refractivity contribution is 6.04. The van der Waals surface area contributed by atoms with Gasteiger partial charge in [-0.25, -0.2) is 4.98 Å². The smallest absolute Gasteiger partial charge is 0.274 e. The van der Waals surface area contributed by atoms with Crippen molar-refractivity contribution in [2.45, 2.75) is 6.92 Å². The van der Waals surface area contributed by atoms with E-state index >= 15 is 0 Å². The lowest BCUT2D eigenvalue weighted by molar-refractivity contribution is 0.100. The summed E-state index contributed by atoms with van der Waals surface area (Å²) in [6.45, 7) is 1.48. The molecule has 7 heteroatoms. The van der Waals surface area contributed by atoms with Crippen molar-refractivity contribution < 1.29 is 19.1 Å². The van der Waals surface area contributed by atoms with Gasteiger partial charge in [-0.1, -0.05) is 12.1 Å². The summed E-state index contributed by atoms with van der Waals surface area (Å²) in [5.74, 6) is 0.880. The molecule has 3 aromatic rings. The predicted octanol–water partition coefficient (Wildman–Crippen LogP) is 4.30. The van der Waals surface area contributed by atoms with Gasteiger partial charge in [-0.3, -0.25) is 9.59 Å². The van der Waals surface area contributed by atoms with Crippen molar-refractivity contribution in [3.05, 3.63) is 72.1 Å². The second kappa shape index (κ2) is 8.88. The molecule has 0 fully saturated rings. The van der Waals surface area contributed by atoms with Crippen LogP contribution in [-0.2, 0) is 0 Å². The lowest BCUT2D eigenvalue weighted by Crippen LogP contribution is -2.14. The zero-order chi connectivity index (χ0) is 20.8. The molecule has 3 rings (SSSR count). The number of nitrogens with one attached hydrogen (secondary N) is 2. The molecule has 7 nitrogen and oxygen atoms in total. The Morgan fingerprint density at radius 3 is 2.41 bits per heavy atom. The molecule has 0 saturated carbocycles. The molecule has 0 atom stereocenters. The highest BCUT2D eigenvalue weighted by Crippen LogP contribution is 2.31. The number of benzene rings is 2. The molecule has 29 heavy (non-hydrogen) atoms. The zero-order valence-electron chi connectivity index (χ0n) is 16.4. The summed E-state index contributed by atoms with van der Waals surface area (Å²) in [5, 5.41) is 5.94. The summed E-state index contributed by atoms with van der Waals surface area (Å²) < 4.78 is 10.6. The van der Waals surface area contributed by atoms with E-state index in [1.807, 2.05) is 12.1 Å². The molecule has 1 aromatic heterocycles. The van der Waals surface area contributed by atoms with Crippen molar-refractivity contribution in [3.63, 3.8) is 0 Å². The lowest BCUT2D eigenvalue weighted by Gasteiger charge is -2.12. The molecule has 0 bridgehead atoms. The summed E-state index contributed by atoms with van der Waals surface area (Å²) in [6, 6.07) is 15.5. The van der Waals surface area contributed by atoms with Crippen LogP contribution in [0.5, 0.6) is 11.5 Å². The number of methoxy groups -OCH3 is 2. The van der Waals surface area contributed by atoms with Gasteiger partial charge in [-0.15, -0.1) is 0 Å². The first kappa shape index (κ1) is 19.9. The lowest BCUT2D eigenvalue weighted by atomic mass is 10.1. The number of ketones is 1. The van der Waals surface area contributed by atoms with E-state index in [9.17, 15) is 9.59 Å². The Bertz CT molecular complexity index is 1030. The van der Waals surface area contributed by atoms with E-state index in [0.717, 1.165) is 5.69 Å². The van der Waals surface area contributed by atoms with Crippen LogP contribution in [0.15, 0.2) is 60.8 Å². The number of pyridine rings is 1. The minimum Gasteiger partial charge on any atom is -0.497 e. The summed E-state index contributed by atoms with van der Waals surface area (Å²) in [6.07, 6.45) is 1.56. The van der Waals surface area contributed by atoms with E-state index in [-0.39, 0.29) is 17.4 Å². The predicted molar refractivity (Wildman–Crippen MR) is 111 cm³/mol. The standard InChI is InChI=1S/C22H21N3O4/c1-14(26)15-5-4-6-16(11-15)25-22(27)20-9-7-17(13-23-20)24-19-10-8-18(28-2)12-21(19)29-3/h4-13,24H,1-3H3,(H,25,27). The third kappa shape index (κ3) is 4.90. The van der Waals surface area contributed by atoms with Gasteiger partial charge in [0.05, 0.1) is 31.8 Å². The topological polar surface area (TPSA) is 89.6 Å². The number of anilines is 3. The van der Waals surface area contributed by atoms with Crippen LogP contribution in [-0.4, -0.2) is 30.9 Å². The third-order valence-corrected chi connectivity index (χ3v) is 4.21. The van der Waals surface area contributed by atoms with Crippen LogP contribution in [0.25, 0.3) is 0 Å². The van der Waals surface area contributed by atoms with Gasteiger partial charge in [0.2, 0.25) is 0 Å². The Labute approximate surface area is 168 Å². The summed E-state index contributed by atoms with van der Waals surface area (Å²) in [4.78, 5) is 28.1. The van der Waals surface area contributed by atoms with Gasteiger partial charge in [0.15, 0.2) is 5.78 Å². The molecule has 2 aromatic carbocycles. The Morgan fingerprint density at radius 1 is 0.931 bits per heavy atom. The van der Waals surface area contributed by atoms with E-state index in [0.29, 0.717) is 28.4 Å². The van der Waals surface area contributed by atoms with Gasteiger partial charge in [0, 0.05) is 17.3 Å². The molecule has 0 unspecified atom stereocenters. The second-order valence-corrected chi connectivity index (χ2v) is 6.21. The number of carbonyl (C=O) groups is 2. The Hall–Kier alpha value is -3.87. The maximum atomic E-state index is 12.4. The van der Waals surface area contributed by atoms with Crippen molar-refractivity contribution in [1.82, 2.24) is 4.98 Å². The van der Waals surface area contributed by atoms with Crippen molar-refractivity contribution in [1.29, 1.82) is 0 Å². The van der Waals surface area contributed by atoms with Crippen LogP contribution in [0.2, 0.25) is 0 Å². The minimum atomic E-state index is -0.362. The average Bonchev–Trinajstić information content (AvgIpc) is 2.74. The third-order valence-electron chi connectivity index (χ3n) is 4.21. The second-order valence-electron chi connectivity index (χ2n) is 6.21. The molecule has 0 aliphatic carbocycles. The maximum absolute atomic E-state index is 12.4. The molecular formula is C22H21N3O4. The molecular weight excluding hydrogens is 370 g/mol. The van der Waals surface area contributed by atoms with Crippen LogP contribution >= 0.6 is 0 Å². The summed E-state index contributed by atoms with van der Waals surface area (Å²) in [5.41, 5.74) is 2.76. The highest BCUT2D eigenvalue weighted by atomic mass is 16.5. The van der Waals surface area contributed by atoms with E-state index in [4.69, 9.17) is 9.47 Å². The number of carbonyl (C=O) groups excluding carboxylic acids is 2. The first-order valence-electron chi connectivity index (χ1n) is 8.87. The first-order valence-corrected chi connectivity index (χ1v) is 8.87. The molecule has 2 N–H and O–H groups in total. The number of hydrogen-bond acceptors (Lipinski definition) is 6. The number of rotatable bonds is 7. The van der Waals surface area contributed by atoms with Crippen molar-refractivity contribution in [3.8, 4) is 11.5 Å². The Morgan fingerprint density at radius 2 is 1.76 bits per heavy atom. The molecule has 0 radical (unpaired) electrons. The molecule has 0 spiro atoms. The van der Waals surface area contributed by atoms with Gasteiger partial charge < -0.3 is 20.1 Å². The monoisotopic (exact) mass is 391 g/mol. The van der Waals surface area contributed by atoms with Crippen LogP contribution in [0.1, 0.15) is 27.8 Å². The number of hydrogen-bond donors (Lipinski definition) is 2. The van der Waals surface area contributed by atoms with Crippen LogP contribution in [0.4, 0.5) is 17.1 Å². The van der Waals surface area contributed by atoms with Crippen molar-refractivity contribution >= 4 is 28.8 Å². The fourth-order valence-electron chi connectivity index (χ4n) is 2.67. The van der Waals surface area contributed by atoms with Gasteiger partial charge in [-0.2, -0.15) is 0 Å². The minimum absolute atomic E-state index is 0.0661. The quantitative estimate of drug-likeness (QED) is 0.584. The summed E-state index contributed by atoms with van der Waals surface area (Å²) in [7, 11) is 3.17. The zero-order valence-corrected chi connectivity index (χ0v) is 16.4. The Kier molecular flexibility index (Phi) is 6.09. The molecule has 148 valence electrons. The molecule has 0 aliphatic heterocycles. The van der Waals surface area contributed by atoms with Crippen LogP contribution in [0, 0.1) is 0 Å². The van der Waals surface area contributed by atoms with E-state index in [1.54, 1.807) is 62.9 Å². The van der Waals surface area contributed by atoms with Gasteiger partial charge >= 0.3 is 0 Å². The molecule has 1 amide bonds. The number of ether oxygens (including phenoxy) is 2. The number of aromatic nitrogens is 1. The first-order chi connectivity index (χ1) is 14.0. The van der Waals surface area contributed by atoms with E-state index in [2.05, 4.69) is 15.6 Å². The normalized spacial score (nSPS) is 10.2. The average molecular weight is 391 g/mol. The van der Waals surface area contributed by atoms with Crippen LogP contribution < -0.4 is 20.1 Å². The Balaban J connectivity index is 1.71. The SMILES string of the molecule is COc1ccc(Nc2ccc(C(=O)Nc3cccc(C(C)=O)c3)nc2)c(OC)c1. The van der Waals surface area contributed by atoms with Crippen LogP contribution in [0.3, 0.4) is 0 Å². The largest absolute Gasteiger partial charge is 0.497 e. The molecule has 0 saturated heterocycles. The number of nitrogens with zero attached hydrogens (tertiary/aromatic N) is 1. The van der Waals surface area contributed by atoms with Gasteiger partial charge in [0.1, 0.15) is 17.2 Å². The number of amides is 1. The molecule has 1 heterocycles. The van der Waals surface area contributed by atoms with Gasteiger partial charge in [-0.05, 0) is 43.3 Å². The highest BCUT2D eigenvalue weighted by Gasteiger charge is 2.10. The van der Waals surface area contributed by atoms with E-state index < -0.39 is 0 Å². The fourth-order valence-corrected chi connectivity index (χ4v) is 2.67. The van der Waals surface area contributed by atoms with Crippen molar-refractivity contribution in [2.24, 2.45) is 0 Å². The molecule has 0 aliphatic rings. The van der Waals surface area contributed by atoms with Gasteiger partial charge in [0.25, 0.3) is 5.91 Å². The fraction of sp³-hybridized carbons (Fsp3) is 0.136. The van der Waals surface area contributed by atoms with E-state index in [1.165, 1.54) is 6.92 Å². The summed E-state index contributed by atoms with van der Waals surface area (Å²) >= 11 is 0. The number of Topliss-reactive ketones (excluding diaryl/α,β-unsaturated/α-hetero) is 1.